The van der Waals surface area contributed by atoms with Gasteiger partial charge in [0.15, 0.2) is 11.5 Å². The molecule has 0 saturated carbocycles. The van der Waals surface area contributed by atoms with Crippen molar-refractivity contribution in [2.75, 3.05) is 11.4 Å². The SMILES string of the molecule is CC1(C(=O)O)CCCCN1c1cncc2nnnn12. The summed E-state index contributed by atoms with van der Waals surface area (Å²) in [7, 11) is 0. The van der Waals surface area contributed by atoms with Gasteiger partial charge in [0.05, 0.1) is 12.4 Å². The molecule has 0 bridgehead atoms. The number of piperidine rings is 1. The molecule has 2 aromatic rings. The van der Waals surface area contributed by atoms with Crippen LogP contribution >= 0.6 is 0 Å². The second kappa shape index (κ2) is 4.15. The zero-order valence-corrected chi connectivity index (χ0v) is 10.5. The van der Waals surface area contributed by atoms with Crippen LogP contribution in [0.3, 0.4) is 0 Å². The van der Waals surface area contributed by atoms with E-state index in [0.29, 0.717) is 24.4 Å². The summed E-state index contributed by atoms with van der Waals surface area (Å²) in [5.74, 6) is -0.218. The van der Waals surface area contributed by atoms with Crippen LogP contribution in [0.25, 0.3) is 5.65 Å². The molecule has 3 heterocycles. The van der Waals surface area contributed by atoms with Gasteiger partial charge in [-0.15, -0.1) is 5.10 Å². The molecule has 3 rings (SSSR count). The van der Waals surface area contributed by atoms with Crippen molar-refractivity contribution in [1.82, 2.24) is 25.0 Å². The van der Waals surface area contributed by atoms with E-state index in [4.69, 9.17) is 0 Å². The van der Waals surface area contributed by atoms with Gasteiger partial charge in [-0.1, -0.05) is 0 Å². The van der Waals surface area contributed by atoms with Crippen molar-refractivity contribution in [1.29, 1.82) is 0 Å². The molecule has 2 aromatic heterocycles. The number of rotatable bonds is 2. The van der Waals surface area contributed by atoms with E-state index in [1.165, 1.54) is 4.52 Å². The molecule has 8 heteroatoms. The van der Waals surface area contributed by atoms with Crippen molar-refractivity contribution < 1.29 is 9.90 Å². The zero-order valence-electron chi connectivity index (χ0n) is 10.5. The molecule has 1 aliphatic rings. The standard InChI is InChI=1S/C11H14N6O2/c1-11(10(18)19)4-2-3-5-16(11)9-7-12-6-8-13-14-15-17(8)9/h6-7H,2-5H2,1H3,(H,18,19). The summed E-state index contributed by atoms with van der Waals surface area (Å²) < 4.78 is 1.53. The van der Waals surface area contributed by atoms with Crippen molar-refractivity contribution in [3.63, 3.8) is 0 Å². The summed E-state index contributed by atoms with van der Waals surface area (Å²) >= 11 is 0. The van der Waals surface area contributed by atoms with Gasteiger partial charge < -0.3 is 10.0 Å². The maximum absolute atomic E-state index is 11.6. The van der Waals surface area contributed by atoms with E-state index in [0.717, 1.165) is 12.8 Å². The van der Waals surface area contributed by atoms with Gasteiger partial charge in [-0.25, -0.2) is 4.79 Å². The van der Waals surface area contributed by atoms with Crippen LogP contribution in [0.15, 0.2) is 12.4 Å². The van der Waals surface area contributed by atoms with Crippen molar-refractivity contribution >= 4 is 17.4 Å². The monoisotopic (exact) mass is 262 g/mol. The van der Waals surface area contributed by atoms with Crippen LogP contribution in [0.5, 0.6) is 0 Å². The molecule has 0 spiro atoms. The Hall–Kier alpha value is -2.25. The van der Waals surface area contributed by atoms with Gasteiger partial charge in [0.25, 0.3) is 0 Å². The Morgan fingerprint density at radius 3 is 3.05 bits per heavy atom. The Morgan fingerprint density at radius 1 is 1.42 bits per heavy atom. The van der Waals surface area contributed by atoms with E-state index < -0.39 is 11.5 Å². The minimum Gasteiger partial charge on any atom is -0.480 e. The Kier molecular flexibility index (Phi) is 2.58. The van der Waals surface area contributed by atoms with E-state index in [2.05, 4.69) is 20.5 Å². The Labute approximate surface area is 109 Å². The summed E-state index contributed by atoms with van der Waals surface area (Å²) in [4.78, 5) is 17.5. The molecular formula is C11H14N6O2. The van der Waals surface area contributed by atoms with Crippen LogP contribution in [-0.2, 0) is 4.79 Å². The molecule has 1 unspecified atom stereocenters. The molecule has 0 aromatic carbocycles. The molecule has 0 aliphatic carbocycles. The summed E-state index contributed by atoms with van der Waals surface area (Å²) in [6, 6.07) is 0. The number of nitrogens with zero attached hydrogens (tertiary/aromatic N) is 6. The van der Waals surface area contributed by atoms with Gasteiger partial charge in [-0.05, 0) is 36.6 Å². The van der Waals surface area contributed by atoms with Crippen molar-refractivity contribution in [2.24, 2.45) is 0 Å². The minimum atomic E-state index is -0.944. The first kappa shape index (κ1) is 11.8. The van der Waals surface area contributed by atoms with Gasteiger partial charge in [0.1, 0.15) is 5.54 Å². The largest absolute Gasteiger partial charge is 0.480 e. The highest BCUT2D eigenvalue weighted by molar-refractivity contribution is 5.83. The van der Waals surface area contributed by atoms with Crippen LogP contribution in [0, 0.1) is 0 Å². The smallest absolute Gasteiger partial charge is 0.329 e. The zero-order chi connectivity index (χ0) is 13.5. The highest BCUT2D eigenvalue weighted by Gasteiger charge is 2.42. The predicted molar refractivity (Wildman–Crippen MR) is 65.8 cm³/mol. The normalized spacial score (nSPS) is 23.7. The van der Waals surface area contributed by atoms with Gasteiger partial charge >= 0.3 is 5.97 Å². The lowest BCUT2D eigenvalue weighted by atomic mass is 9.88. The summed E-state index contributed by atoms with van der Waals surface area (Å²) in [5.41, 5.74) is -0.434. The van der Waals surface area contributed by atoms with E-state index in [1.54, 1.807) is 19.3 Å². The number of fused-ring (bicyclic) bond motifs is 1. The Bertz CT molecular complexity index is 626. The number of carbonyl (C=O) groups is 1. The highest BCUT2D eigenvalue weighted by atomic mass is 16.4. The third-order valence-electron chi connectivity index (χ3n) is 3.72. The number of anilines is 1. The lowest BCUT2D eigenvalue weighted by molar-refractivity contribution is -0.143. The van der Waals surface area contributed by atoms with Gasteiger partial charge in [0, 0.05) is 6.54 Å². The van der Waals surface area contributed by atoms with Gasteiger partial charge in [-0.2, -0.15) is 4.52 Å². The maximum atomic E-state index is 11.6. The molecule has 1 fully saturated rings. The second-order valence-corrected chi connectivity index (χ2v) is 4.90. The van der Waals surface area contributed by atoms with Crippen molar-refractivity contribution in [3.05, 3.63) is 12.4 Å². The van der Waals surface area contributed by atoms with E-state index in [1.807, 2.05) is 4.90 Å². The number of aromatic nitrogens is 5. The third-order valence-corrected chi connectivity index (χ3v) is 3.72. The molecule has 8 nitrogen and oxygen atoms in total. The Balaban J connectivity index is 2.13. The van der Waals surface area contributed by atoms with Crippen LogP contribution in [-0.4, -0.2) is 48.2 Å². The molecule has 0 radical (unpaired) electrons. The topological polar surface area (TPSA) is 96.5 Å². The number of aliphatic carboxylic acids is 1. The first-order valence-corrected chi connectivity index (χ1v) is 6.16. The number of carboxylic acid groups (broad SMARTS) is 1. The first-order chi connectivity index (χ1) is 9.13. The van der Waals surface area contributed by atoms with Gasteiger partial charge in [-0.3, -0.25) is 4.98 Å². The molecule has 1 N–H and O–H groups in total. The molecule has 1 saturated heterocycles. The molecular weight excluding hydrogens is 248 g/mol. The van der Waals surface area contributed by atoms with Crippen LogP contribution in [0.4, 0.5) is 5.82 Å². The quantitative estimate of drug-likeness (QED) is 0.834. The summed E-state index contributed by atoms with van der Waals surface area (Å²) in [5, 5.41) is 20.9. The number of tetrazole rings is 1. The highest BCUT2D eigenvalue weighted by Crippen LogP contribution is 2.32. The Morgan fingerprint density at radius 2 is 2.26 bits per heavy atom. The van der Waals surface area contributed by atoms with Gasteiger partial charge in [0.2, 0.25) is 0 Å². The molecule has 100 valence electrons. The maximum Gasteiger partial charge on any atom is 0.329 e. The third kappa shape index (κ3) is 1.71. The number of hydrogen-bond donors (Lipinski definition) is 1. The van der Waals surface area contributed by atoms with E-state index in [9.17, 15) is 9.90 Å². The van der Waals surface area contributed by atoms with Crippen molar-refractivity contribution in [2.45, 2.75) is 31.7 Å². The average molecular weight is 262 g/mol. The van der Waals surface area contributed by atoms with Crippen LogP contribution in [0.2, 0.25) is 0 Å². The summed E-state index contributed by atoms with van der Waals surface area (Å²) in [6.45, 7) is 2.39. The fourth-order valence-electron chi connectivity index (χ4n) is 2.56. The average Bonchev–Trinajstić information content (AvgIpc) is 2.87. The molecule has 1 aliphatic heterocycles. The molecule has 1 atom stereocenters. The first-order valence-electron chi connectivity index (χ1n) is 6.16. The van der Waals surface area contributed by atoms with Crippen LogP contribution in [0.1, 0.15) is 26.2 Å². The second-order valence-electron chi connectivity index (χ2n) is 4.90. The molecule has 0 amide bonds. The lowest BCUT2D eigenvalue weighted by Crippen LogP contribution is -2.56. The van der Waals surface area contributed by atoms with Crippen LogP contribution < -0.4 is 4.90 Å². The van der Waals surface area contributed by atoms with E-state index >= 15 is 0 Å². The van der Waals surface area contributed by atoms with Crippen molar-refractivity contribution in [3.8, 4) is 0 Å². The fraction of sp³-hybridized carbons (Fsp3) is 0.545. The lowest BCUT2D eigenvalue weighted by Gasteiger charge is -2.42. The van der Waals surface area contributed by atoms with E-state index in [-0.39, 0.29) is 0 Å². The summed E-state index contributed by atoms with van der Waals surface area (Å²) in [6.07, 6.45) is 5.60. The minimum absolute atomic E-state index is 0.510. The number of hydrogen-bond acceptors (Lipinski definition) is 6. The molecule has 19 heavy (non-hydrogen) atoms. The fourth-order valence-corrected chi connectivity index (χ4v) is 2.56. The number of carboxylic acids is 1. The predicted octanol–water partition coefficient (Wildman–Crippen LogP) is 0.353.